The molecule has 6 heteroatoms. The summed E-state index contributed by atoms with van der Waals surface area (Å²) in [5, 5.41) is 12.4. The molecule has 0 fully saturated rings. The Hall–Kier alpha value is -3.02. The molecule has 112 valence electrons. The van der Waals surface area contributed by atoms with Crippen LogP contribution in [0.5, 0.6) is 5.75 Å². The van der Waals surface area contributed by atoms with Gasteiger partial charge in [0, 0.05) is 0 Å². The molecule has 0 amide bonds. The molecule has 1 aromatic heterocycles. The van der Waals surface area contributed by atoms with Crippen LogP contribution in [0.3, 0.4) is 0 Å². The maximum atomic E-state index is 12.5. The minimum atomic E-state index is -0.560. The van der Waals surface area contributed by atoms with Crippen LogP contribution in [-0.4, -0.2) is 19.5 Å². The molecule has 1 heterocycles. The first-order valence-electron chi connectivity index (χ1n) is 6.78. The number of rotatable bonds is 2. The first-order chi connectivity index (χ1) is 10.5. The molecule has 0 saturated carbocycles. The number of hydrogen-bond acceptors (Lipinski definition) is 3. The van der Waals surface area contributed by atoms with Crippen LogP contribution in [0.15, 0.2) is 52.1 Å². The van der Waals surface area contributed by atoms with Crippen LogP contribution < -0.4 is 11.4 Å². The lowest BCUT2D eigenvalue weighted by Crippen LogP contribution is -2.26. The first-order valence-corrected chi connectivity index (χ1v) is 6.78. The van der Waals surface area contributed by atoms with E-state index in [1.165, 1.54) is 6.07 Å². The number of benzene rings is 2. The van der Waals surface area contributed by atoms with Crippen molar-refractivity contribution >= 4 is 0 Å². The fraction of sp³-hybridized carbons (Fsp3) is 0.125. The monoisotopic (exact) mass is 297 g/mol. The smallest absolute Gasteiger partial charge is 0.356 e. The lowest BCUT2D eigenvalue weighted by atomic mass is 10.2. The Labute approximate surface area is 125 Å². The maximum absolute atomic E-state index is 12.5. The van der Waals surface area contributed by atoms with Gasteiger partial charge < -0.3 is 5.11 Å². The van der Waals surface area contributed by atoms with Crippen molar-refractivity contribution in [3.63, 3.8) is 0 Å². The summed E-state index contributed by atoms with van der Waals surface area (Å²) in [4.78, 5) is 24.6. The zero-order valence-electron chi connectivity index (χ0n) is 12.2. The predicted octanol–water partition coefficient (Wildman–Crippen LogP) is 1.64. The highest BCUT2D eigenvalue weighted by molar-refractivity contribution is 5.47. The largest absolute Gasteiger partial charge is 0.506 e. The summed E-state index contributed by atoms with van der Waals surface area (Å²) in [5.74, 6) is -0.0787. The number of hydrogen-bond donors (Lipinski definition) is 2. The van der Waals surface area contributed by atoms with Gasteiger partial charge in [0.2, 0.25) is 0 Å². The quantitative estimate of drug-likeness (QED) is 0.754. The van der Waals surface area contributed by atoms with Gasteiger partial charge in [0.1, 0.15) is 11.4 Å². The zero-order chi connectivity index (χ0) is 15.9. The summed E-state index contributed by atoms with van der Waals surface area (Å²) >= 11 is 0. The number of nitrogens with one attached hydrogen (secondary N) is 1. The molecule has 6 nitrogen and oxygen atoms in total. The van der Waals surface area contributed by atoms with Gasteiger partial charge in [-0.25, -0.2) is 19.3 Å². The van der Waals surface area contributed by atoms with Gasteiger partial charge in [0.05, 0.1) is 5.69 Å². The number of aromatic nitrogens is 3. The molecule has 2 aromatic carbocycles. The Morgan fingerprint density at radius 2 is 1.59 bits per heavy atom. The van der Waals surface area contributed by atoms with Gasteiger partial charge in [-0.05, 0) is 43.7 Å². The molecule has 2 N–H and O–H groups in total. The fourth-order valence-electron chi connectivity index (χ4n) is 2.28. The van der Waals surface area contributed by atoms with Gasteiger partial charge in [-0.1, -0.05) is 23.8 Å². The lowest BCUT2D eigenvalue weighted by molar-refractivity contribution is 0.469. The molecule has 0 atom stereocenters. The molecular formula is C16H15N3O3. The van der Waals surface area contributed by atoms with E-state index in [0.29, 0.717) is 5.69 Å². The van der Waals surface area contributed by atoms with Crippen molar-refractivity contribution in [2.45, 2.75) is 13.8 Å². The fourth-order valence-corrected chi connectivity index (χ4v) is 2.28. The molecular weight excluding hydrogens is 282 g/mol. The molecule has 3 rings (SSSR count). The molecule has 22 heavy (non-hydrogen) atoms. The van der Waals surface area contributed by atoms with E-state index in [1.54, 1.807) is 24.3 Å². The summed E-state index contributed by atoms with van der Waals surface area (Å²) in [6.07, 6.45) is 0. The summed E-state index contributed by atoms with van der Waals surface area (Å²) in [5.41, 5.74) is 1.49. The van der Waals surface area contributed by atoms with E-state index >= 15 is 0 Å². The summed E-state index contributed by atoms with van der Waals surface area (Å²) in [6, 6.07) is 11.9. The van der Waals surface area contributed by atoms with Gasteiger partial charge in [0.25, 0.3) is 0 Å². The van der Waals surface area contributed by atoms with Crippen molar-refractivity contribution in [2.24, 2.45) is 0 Å². The predicted molar refractivity (Wildman–Crippen MR) is 83.1 cm³/mol. The van der Waals surface area contributed by atoms with Crippen LogP contribution in [0.2, 0.25) is 0 Å². The van der Waals surface area contributed by atoms with Crippen molar-refractivity contribution in [2.75, 3.05) is 0 Å². The van der Waals surface area contributed by atoms with E-state index < -0.39 is 11.4 Å². The summed E-state index contributed by atoms with van der Waals surface area (Å²) in [6.45, 7) is 3.76. The highest BCUT2D eigenvalue weighted by atomic mass is 16.3. The average Bonchev–Trinajstić information content (AvgIpc) is 2.78. The molecule has 0 aliphatic carbocycles. The minimum absolute atomic E-state index is 0.0787. The highest BCUT2D eigenvalue weighted by Gasteiger charge is 2.14. The Balaban J connectivity index is 2.23. The SMILES string of the molecule is Cc1ccc(-n2c(=O)[nH]n(-c3cc(C)ccc3O)c2=O)cc1. The number of aromatic hydroxyl groups is 1. The number of nitrogens with zero attached hydrogens (tertiary/aromatic N) is 2. The van der Waals surface area contributed by atoms with E-state index in [1.807, 2.05) is 26.0 Å². The molecule has 0 saturated heterocycles. The molecule has 0 bridgehead atoms. The van der Waals surface area contributed by atoms with Crippen molar-refractivity contribution in [1.82, 2.24) is 14.3 Å². The van der Waals surface area contributed by atoms with Crippen molar-refractivity contribution in [1.29, 1.82) is 0 Å². The van der Waals surface area contributed by atoms with Gasteiger partial charge >= 0.3 is 11.4 Å². The number of aryl methyl sites for hydroxylation is 2. The van der Waals surface area contributed by atoms with Crippen LogP contribution in [0.25, 0.3) is 11.4 Å². The van der Waals surface area contributed by atoms with Crippen LogP contribution >= 0.6 is 0 Å². The second-order valence-corrected chi connectivity index (χ2v) is 5.20. The normalized spacial score (nSPS) is 10.8. The molecule has 3 aromatic rings. The first kappa shape index (κ1) is 13.9. The van der Waals surface area contributed by atoms with Gasteiger partial charge in [0.15, 0.2) is 0 Å². The Morgan fingerprint density at radius 1 is 0.955 bits per heavy atom. The molecule has 0 radical (unpaired) electrons. The van der Waals surface area contributed by atoms with E-state index in [2.05, 4.69) is 5.10 Å². The van der Waals surface area contributed by atoms with Crippen LogP contribution in [0.1, 0.15) is 11.1 Å². The third-order valence-corrected chi connectivity index (χ3v) is 3.46. The zero-order valence-corrected chi connectivity index (χ0v) is 12.2. The van der Waals surface area contributed by atoms with Crippen LogP contribution in [0, 0.1) is 13.8 Å². The topological polar surface area (TPSA) is 80.0 Å². The third kappa shape index (κ3) is 2.24. The van der Waals surface area contributed by atoms with E-state index in [0.717, 1.165) is 20.4 Å². The van der Waals surface area contributed by atoms with E-state index in [9.17, 15) is 14.7 Å². The number of phenols is 1. The Bertz CT molecular complexity index is 946. The summed E-state index contributed by atoms with van der Waals surface area (Å²) in [7, 11) is 0. The molecule has 0 unspecified atom stereocenters. The van der Waals surface area contributed by atoms with Crippen molar-refractivity contribution in [3.8, 4) is 17.1 Å². The highest BCUT2D eigenvalue weighted by Crippen LogP contribution is 2.20. The lowest BCUT2D eigenvalue weighted by Gasteiger charge is -2.05. The number of H-pyrrole nitrogens is 1. The number of phenolic OH excluding ortho intramolecular Hbond substituents is 1. The second kappa shape index (κ2) is 5.07. The average molecular weight is 297 g/mol. The maximum Gasteiger partial charge on any atom is 0.356 e. The van der Waals surface area contributed by atoms with Gasteiger partial charge in [-0.2, -0.15) is 4.68 Å². The Morgan fingerprint density at radius 3 is 2.27 bits per heavy atom. The van der Waals surface area contributed by atoms with E-state index in [4.69, 9.17) is 0 Å². The second-order valence-electron chi connectivity index (χ2n) is 5.20. The molecule has 0 spiro atoms. The van der Waals surface area contributed by atoms with Crippen LogP contribution in [-0.2, 0) is 0 Å². The van der Waals surface area contributed by atoms with Crippen molar-refractivity contribution in [3.05, 3.63) is 74.6 Å². The third-order valence-electron chi connectivity index (χ3n) is 3.46. The van der Waals surface area contributed by atoms with E-state index in [-0.39, 0.29) is 11.4 Å². The Kier molecular flexibility index (Phi) is 3.21. The van der Waals surface area contributed by atoms with Gasteiger partial charge in [-0.15, -0.1) is 0 Å². The molecule has 0 aliphatic rings. The summed E-state index contributed by atoms with van der Waals surface area (Å²) < 4.78 is 2.08. The van der Waals surface area contributed by atoms with Gasteiger partial charge in [-0.3, -0.25) is 0 Å². The molecule has 0 aliphatic heterocycles. The standard InChI is InChI=1S/C16H15N3O3/c1-10-3-6-12(7-4-10)18-15(21)17-19(16(18)22)13-9-11(2)5-8-14(13)20/h3-9,20H,1-2H3,(H,17,21). The van der Waals surface area contributed by atoms with Crippen LogP contribution in [0.4, 0.5) is 0 Å². The minimum Gasteiger partial charge on any atom is -0.506 e. The van der Waals surface area contributed by atoms with Crippen molar-refractivity contribution < 1.29 is 5.11 Å². The number of aromatic amines is 1.